The summed E-state index contributed by atoms with van der Waals surface area (Å²) in [7, 11) is 0. The zero-order valence-corrected chi connectivity index (χ0v) is 5.60. The van der Waals surface area contributed by atoms with Crippen LogP contribution in [0.15, 0.2) is 12.2 Å². The van der Waals surface area contributed by atoms with Crippen LogP contribution in [-0.2, 0) is 0 Å². The van der Waals surface area contributed by atoms with E-state index < -0.39 is 0 Å². The molecule has 1 heteroatoms. The smallest absolute Gasteiger partial charge is 0.0725 e. The van der Waals surface area contributed by atoms with E-state index in [4.69, 9.17) is 5.26 Å². The Bertz CT molecular complexity index is 126. The van der Waals surface area contributed by atoms with Gasteiger partial charge in [-0.2, -0.15) is 5.26 Å². The standard InChI is InChI=1S/C7H11N/c1-4-5-7(2,3)6-8/h4-5H,1-3H3/b5-4-. The van der Waals surface area contributed by atoms with E-state index in [1.54, 1.807) is 0 Å². The van der Waals surface area contributed by atoms with Crippen molar-refractivity contribution in [3.63, 3.8) is 0 Å². The van der Waals surface area contributed by atoms with Crippen molar-refractivity contribution in [1.29, 1.82) is 5.26 Å². The predicted octanol–water partition coefficient (Wildman–Crippen LogP) is 2.11. The average Bonchev–Trinajstić information content (AvgIpc) is 1.67. The number of hydrogen-bond acceptors (Lipinski definition) is 1. The lowest BCUT2D eigenvalue weighted by Crippen LogP contribution is -2.01. The molecule has 0 radical (unpaired) electrons. The second-order valence-corrected chi connectivity index (χ2v) is 2.33. The normalized spacial score (nSPS) is 11.8. The van der Waals surface area contributed by atoms with E-state index in [0.717, 1.165) is 0 Å². The maximum atomic E-state index is 8.42. The summed E-state index contributed by atoms with van der Waals surface area (Å²) < 4.78 is 0. The van der Waals surface area contributed by atoms with Crippen molar-refractivity contribution in [3.8, 4) is 6.07 Å². The van der Waals surface area contributed by atoms with Gasteiger partial charge in [0.2, 0.25) is 0 Å². The maximum absolute atomic E-state index is 8.42. The summed E-state index contributed by atoms with van der Waals surface area (Å²) in [4.78, 5) is 0. The Morgan fingerprint density at radius 2 is 2.00 bits per heavy atom. The summed E-state index contributed by atoms with van der Waals surface area (Å²) in [6, 6.07) is 2.16. The Morgan fingerprint density at radius 3 is 2.12 bits per heavy atom. The molecule has 0 spiro atoms. The Kier molecular flexibility index (Phi) is 2.27. The molecule has 0 saturated carbocycles. The van der Waals surface area contributed by atoms with Crippen LogP contribution in [0.3, 0.4) is 0 Å². The summed E-state index contributed by atoms with van der Waals surface area (Å²) in [5.41, 5.74) is -0.283. The third-order valence-electron chi connectivity index (χ3n) is 0.871. The minimum absolute atomic E-state index is 0.283. The molecule has 0 N–H and O–H groups in total. The van der Waals surface area contributed by atoms with Crippen LogP contribution in [-0.4, -0.2) is 0 Å². The summed E-state index contributed by atoms with van der Waals surface area (Å²) in [6.07, 6.45) is 3.77. The molecule has 0 aromatic heterocycles. The van der Waals surface area contributed by atoms with Crippen molar-refractivity contribution < 1.29 is 0 Å². The molecule has 0 fully saturated rings. The molecule has 0 aliphatic rings. The van der Waals surface area contributed by atoms with E-state index in [0.29, 0.717) is 0 Å². The minimum atomic E-state index is -0.283. The van der Waals surface area contributed by atoms with Crippen molar-refractivity contribution in [3.05, 3.63) is 12.2 Å². The fourth-order valence-corrected chi connectivity index (χ4v) is 0.454. The van der Waals surface area contributed by atoms with Gasteiger partial charge in [-0.15, -0.1) is 0 Å². The summed E-state index contributed by atoms with van der Waals surface area (Å²) in [5, 5.41) is 8.42. The second kappa shape index (κ2) is 2.52. The maximum Gasteiger partial charge on any atom is 0.0725 e. The molecule has 0 aliphatic carbocycles. The van der Waals surface area contributed by atoms with Gasteiger partial charge in [0.1, 0.15) is 0 Å². The molecular formula is C7H11N. The van der Waals surface area contributed by atoms with Gasteiger partial charge < -0.3 is 0 Å². The van der Waals surface area contributed by atoms with Gasteiger partial charge in [-0.1, -0.05) is 12.2 Å². The summed E-state index contributed by atoms with van der Waals surface area (Å²) in [6.45, 7) is 5.68. The van der Waals surface area contributed by atoms with Crippen LogP contribution in [0.2, 0.25) is 0 Å². The van der Waals surface area contributed by atoms with Crippen LogP contribution in [0.25, 0.3) is 0 Å². The molecule has 0 amide bonds. The van der Waals surface area contributed by atoms with Crippen molar-refractivity contribution in [2.45, 2.75) is 20.8 Å². The lowest BCUT2D eigenvalue weighted by atomic mass is 9.96. The van der Waals surface area contributed by atoms with Crippen LogP contribution in [0.4, 0.5) is 0 Å². The van der Waals surface area contributed by atoms with Gasteiger partial charge in [0.15, 0.2) is 0 Å². The van der Waals surface area contributed by atoms with E-state index in [-0.39, 0.29) is 5.41 Å². The zero-order chi connectivity index (χ0) is 6.62. The molecule has 0 saturated heterocycles. The minimum Gasteiger partial charge on any atom is -0.197 e. The first-order valence-electron chi connectivity index (χ1n) is 2.67. The van der Waals surface area contributed by atoms with Gasteiger partial charge in [0.05, 0.1) is 11.5 Å². The molecule has 0 atom stereocenters. The zero-order valence-electron chi connectivity index (χ0n) is 5.60. The molecule has 0 aliphatic heterocycles. The van der Waals surface area contributed by atoms with Crippen LogP contribution >= 0.6 is 0 Å². The predicted molar refractivity (Wildman–Crippen MR) is 34.2 cm³/mol. The lowest BCUT2D eigenvalue weighted by Gasteiger charge is -2.05. The lowest BCUT2D eigenvalue weighted by molar-refractivity contribution is 0.643. The molecule has 44 valence electrons. The molecular weight excluding hydrogens is 98.1 g/mol. The van der Waals surface area contributed by atoms with Crippen molar-refractivity contribution in [1.82, 2.24) is 0 Å². The number of nitriles is 1. The highest BCUT2D eigenvalue weighted by molar-refractivity contribution is 5.06. The fourth-order valence-electron chi connectivity index (χ4n) is 0.454. The quantitative estimate of drug-likeness (QED) is 0.473. The Balaban J connectivity index is 3.97. The number of nitrogens with zero attached hydrogens (tertiary/aromatic N) is 1. The highest BCUT2D eigenvalue weighted by Crippen LogP contribution is 2.13. The van der Waals surface area contributed by atoms with Crippen LogP contribution < -0.4 is 0 Å². The molecule has 0 unspecified atom stereocenters. The largest absolute Gasteiger partial charge is 0.197 e. The Morgan fingerprint density at radius 1 is 1.50 bits per heavy atom. The van der Waals surface area contributed by atoms with Crippen LogP contribution in [0, 0.1) is 16.7 Å². The fraction of sp³-hybridized carbons (Fsp3) is 0.571. The molecule has 0 aromatic carbocycles. The molecule has 0 aromatic rings. The third kappa shape index (κ3) is 2.41. The van der Waals surface area contributed by atoms with Gasteiger partial charge in [0.25, 0.3) is 0 Å². The topological polar surface area (TPSA) is 23.8 Å². The Labute approximate surface area is 50.6 Å². The second-order valence-electron chi connectivity index (χ2n) is 2.33. The van der Waals surface area contributed by atoms with Gasteiger partial charge in [-0.25, -0.2) is 0 Å². The summed E-state index contributed by atoms with van der Waals surface area (Å²) >= 11 is 0. The molecule has 1 nitrogen and oxygen atoms in total. The highest BCUT2D eigenvalue weighted by atomic mass is 14.3. The number of hydrogen-bond donors (Lipinski definition) is 0. The van der Waals surface area contributed by atoms with E-state index in [9.17, 15) is 0 Å². The van der Waals surface area contributed by atoms with E-state index in [1.165, 1.54) is 0 Å². The average molecular weight is 109 g/mol. The highest BCUT2D eigenvalue weighted by Gasteiger charge is 2.09. The molecule has 0 heterocycles. The third-order valence-corrected chi connectivity index (χ3v) is 0.871. The van der Waals surface area contributed by atoms with Crippen molar-refractivity contribution in [2.24, 2.45) is 5.41 Å². The number of allylic oxidation sites excluding steroid dienone is 2. The molecule has 0 rings (SSSR count). The first kappa shape index (κ1) is 7.23. The van der Waals surface area contributed by atoms with Gasteiger partial charge >= 0.3 is 0 Å². The van der Waals surface area contributed by atoms with E-state index >= 15 is 0 Å². The first-order chi connectivity index (χ1) is 3.62. The van der Waals surface area contributed by atoms with Crippen LogP contribution in [0.5, 0.6) is 0 Å². The van der Waals surface area contributed by atoms with Gasteiger partial charge in [-0.05, 0) is 20.8 Å². The van der Waals surface area contributed by atoms with Crippen LogP contribution in [0.1, 0.15) is 20.8 Å². The Hall–Kier alpha value is -0.770. The first-order valence-corrected chi connectivity index (χ1v) is 2.67. The van der Waals surface area contributed by atoms with E-state index in [2.05, 4.69) is 6.07 Å². The molecule has 8 heavy (non-hydrogen) atoms. The molecule has 0 bridgehead atoms. The summed E-state index contributed by atoms with van der Waals surface area (Å²) in [5.74, 6) is 0. The van der Waals surface area contributed by atoms with Crippen molar-refractivity contribution in [2.75, 3.05) is 0 Å². The number of rotatable bonds is 1. The van der Waals surface area contributed by atoms with Crippen molar-refractivity contribution >= 4 is 0 Å². The van der Waals surface area contributed by atoms with Gasteiger partial charge in [0, 0.05) is 0 Å². The monoisotopic (exact) mass is 109 g/mol. The van der Waals surface area contributed by atoms with E-state index in [1.807, 2.05) is 32.9 Å². The van der Waals surface area contributed by atoms with Gasteiger partial charge in [-0.3, -0.25) is 0 Å². The SMILES string of the molecule is C/C=C\C(C)(C)C#N.